The van der Waals surface area contributed by atoms with Crippen molar-refractivity contribution in [3.05, 3.63) is 35.6 Å². The maximum absolute atomic E-state index is 13.3. The highest BCUT2D eigenvalue weighted by atomic mass is 127. The Kier molecular flexibility index (Phi) is 10.6. The molecule has 0 aliphatic heterocycles. The van der Waals surface area contributed by atoms with E-state index < -0.39 is 0 Å². The molecule has 1 rings (SSSR count). The number of carbonyl (C=O) groups is 1. The highest BCUT2D eigenvalue weighted by Gasteiger charge is 2.12. The smallest absolute Gasteiger partial charge is 0.243 e. The van der Waals surface area contributed by atoms with Crippen LogP contribution in [0, 0.1) is 5.82 Å². The van der Waals surface area contributed by atoms with E-state index in [2.05, 4.69) is 24.2 Å². The van der Waals surface area contributed by atoms with Gasteiger partial charge in [0.1, 0.15) is 12.4 Å². The number of benzene rings is 1. The Labute approximate surface area is 161 Å². The molecular formula is C17H28FIN4O. The summed E-state index contributed by atoms with van der Waals surface area (Å²) in [6.07, 6.45) is 0.939. The second kappa shape index (κ2) is 11.2. The molecule has 0 bridgehead atoms. The zero-order valence-electron chi connectivity index (χ0n) is 15.0. The second-order valence-electron chi connectivity index (χ2n) is 5.87. The van der Waals surface area contributed by atoms with Crippen LogP contribution in [0.1, 0.15) is 25.8 Å². The Morgan fingerprint density at radius 1 is 1.33 bits per heavy atom. The van der Waals surface area contributed by atoms with Crippen molar-refractivity contribution < 1.29 is 9.18 Å². The average Bonchev–Trinajstić information content (AvgIpc) is 2.50. The first-order chi connectivity index (χ1) is 10.8. The fraction of sp³-hybridized carbons (Fsp3) is 0.529. The molecule has 5 nitrogen and oxygen atoms in total. The minimum absolute atomic E-state index is 0. The molecule has 0 aliphatic carbocycles. The molecule has 0 saturated heterocycles. The molecule has 1 aromatic rings. The van der Waals surface area contributed by atoms with E-state index in [-0.39, 0.29) is 48.3 Å². The molecular weight excluding hydrogens is 422 g/mol. The van der Waals surface area contributed by atoms with E-state index >= 15 is 0 Å². The van der Waals surface area contributed by atoms with Gasteiger partial charge in [0.05, 0.1) is 0 Å². The number of halogens is 2. The molecule has 136 valence electrons. The van der Waals surface area contributed by atoms with E-state index in [0.29, 0.717) is 12.5 Å². The molecule has 0 spiro atoms. The van der Waals surface area contributed by atoms with Crippen LogP contribution in [-0.4, -0.2) is 55.4 Å². The maximum Gasteiger partial charge on any atom is 0.243 e. The zero-order valence-corrected chi connectivity index (χ0v) is 17.4. The van der Waals surface area contributed by atoms with Gasteiger partial charge in [-0.25, -0.2) is 9.38 Å². The minimum Gasteiger partial charge on any atom is -0.354 e. The molecule has 1 amide bonds. The lowest BCUT2D eigenvalue weighted by Crippen LogP contribution is -2.43. The molecule has 7 heteroatoms. The third-order valence-corrected chi connectivity index (χ3v) is 3.52. The number of hydrogen-bond donors (Lipinski definition) is 1. The van der Waals surface area contributed by atoms with Crippen molar-refractivity contribution in [3.8, 4) is 0 Å². The number of guanidine groups is 1. The molecule has 0 radical (unpaired) electrons. The van der Waals surface area contributed by atoms with Gasteiger partial charge in [-0.3, -0.25) is 4.79 Å². The maximum atomic E-state index is 13.3. The SMILES string of the molecule is CCC(C)NC(=NCC(=O)N(C)C)N(C)Cc1cccc(F)c1.I. The van der Waals surface area contributed by atoms with Crippen molar-refractivity contribution in [3.63, 3.8) is 0 Å². The van der Waals surface area contributed by atoms with Crippen molar-refractivity contribution in [2.45, 2.75) is 32.9 Å². The van der Waals surface area contributed by atoms with Crippen LogP contribution in [0.3, 0.4) is 0 Å². The summed E-state index contributed by atoms with van der Waals surface area (Å²) in [5.74, 6) is 0.318. The summed E-state index contributed by atoms with van der Waals surface area (Å²) in [5.41, 5.74) is 0.852. The van der Waals surface area contributed by atoms with Crippen LogP contribution in [-0.2, 0) is 11.3 Å². The number of aliphatic imine (C=N–C) groups is 1. The first kappa shape index (κ1) is 22.6. The van der Waals surface area contributed by atoms with Gasteiger partial charge >= 0.3 is 0 Å². The molecule has 0 aromatic heterocycles. The lowest BCUT2D eigenvalue weighted by molar-refractivity contribution is -0.127. The zero-order chi connectivity index (χ0) is 17.4. The monoisotopic (exact) mass is 450 g/mol. The first-order valence-electron chi connectivity index (χ1n) is 7.80. The van der Waals surface area contributed by atoms with Crippen LogP contribution in [0.4, 0.5) is 4.39 Å². The van der Waals surface area contributed by atoms with Crippen molar-refractivity contribution in [1.29, 1.82) is 0 Å². The highest BCUT2D eigenvalue weighted by Crippen LogP contribution is 2.07. The van der Waals surface area contributed by atoms with Gasteiger partial charge < -0.3 is 15.1 Å². The number of rotatable bonds is 6. The Morgan fingerprint density at radius 2 is 2.00 bits per heavy atom. The number of likely N-dealkylation sites (N-methyl/N-ethyl adjacent to an activating group) is 1. The topological polar surface area (TPSA) is 47.9 Å². The third-order valence-electron chi connectivity index (χ3n) is 3.52. The summed E-state index contributed by atoms with van der Waals surface area (Å²) in [4.78, 5) is 19.6. The number of nitrogens with zero attached hydrogens (tertiary/aromatic N) is 3. The fourth-order valence-electron chi connectivity index (χ4n) is 1.87. The number of nitrogens with one attached hydrogen (secondary N) is 1. The van der Waals surface area contributed by atoms with Gasteiger partial charge in [-0.15, -0.1) is 24.0 Å². The molecule has 1 unspecified atom stereocenters. The molecule has 0 fully saturated rings. The average molecular weight is 450 g/mol. The van der Waals surface area contributed by atoms with Crippen LogP contribution in [0.5, 0.6) is 0 Å². The van der Waals surface area contributed by atoms with Gasteiger partial charge in [-0.2, -0.15) is 0 Å². The van der Waals surface area contributed by atoms with Crippen molar-refractivity contribution in [2.75, 3.05) is 27.7 Å². The molecule has 0 aliphatic rings. The second-order valence-corrected chi connectivity index (χ2v) is 5.87. The Balaban J connectivity index is 0.00000529. The van der Waals surface area contributed by atoms with Gasteiger partial charge in [0.2, 0.25) is 5.91 Å². The first-order valence-corrected chi connectivity index (χ1v) is 7.80. The molecule has 1 N–H and O–H groups in total. The Morgan fingerprint density at radius 3 is 2.54 bits per heavy atom. The molecule has 0 heterocycles. The molecule has 1 atom stereocenters. The minimum atomic E-state index is -0.257. The van der Waals surface area contributed by atoms with Gasteiger partial charge in [0.25, 0.3) is 0 Å². The van der Waals surface area contributed by atoms with Crippen LogP contribution < -0.4 is 5.32 Å². The van der Waals surface area contributed by atoms with Crippen molar-refractivity contribution in [1.82, 2.24) is 15.1 Å². The molecule has 24 heavy (non-hydrogen) atoms. The fourth-order valence-corrected chi connectivity index (χ4v) is 1.87. The van der Waals surface area contributed by atoms with E-state index in [1.807, 2.05) is 18.0 Å². The Hall–Kier alpha value is -1.38. The number of carbonyl (C=O) groups excluding carboxylic acids is 1. The molecule has 1 aromatic carbocycles. The van der Waals surface area contributed by atoms with Crippen molar-refractivity contribution in [2.24, 2.45) is 4.99 Å². The van der Waals surface area contributed by atoms with E-state index in [9.17, 15) is 9.18 Å². The largest absolute Gasteiger partial charge is 0.354 e. The highest BCUT2D eigenvalue weighted by molar-refractivity contribution is 14.0. The summed E-state index contributed by atoms with van der Waals surface area (Å²) in [6.45, 7) is 4.72. The van der Waals surface area contributed by atoms with Gasteiger partial charge in [0, 0.05) is 33.7 Å². The lowest BCUT2D eigenvalue weighted by Gasteiger charge is -2.25. The lowest BCUT2D eigenvalue weighted by atomic mass is 10.2. The van der Waals surface area contributed by atoms with Gasteiger partial charge in [-0.1, -0.05) is 19.1 Å². The summed E-state index contributed by atoms with van der Waals surface area (Å²) < 4.78 is 13.3. The van der Waals surface area contributed by atoms with E-state index in [4.69, 9.17) is 0 Å². The quantitative estimate of drug-likeness (QED) is 0.412. The van der Waals surface area contributed by atoms with Crippen molar-refractivity contribution >= 4 is 35.8 Å². The van der Waals surface area contributed by atoms with Gasteiger partial charge in [-0.05, 0) is 31.0 Å². The van der Waals surface area contributed by atoms with Crippen LogP contribution in [0.15, 0.2) is 29.3 Å². The Bertz CT molecular complexity index is 551. The van der Waals surface area contributed by atoms with Crippen LogP contribution in [0.25, 0.3) is 0 Å². The normalized spacial score (nSPS) is 12.2. The summed E-state index contributed by atoms with van der Waals surface area (Å²) in [7, 11) is 5.28. The molecule has 0 saturated carbocycles. The standard InChI is InChI=1S/C17H27FN4O.HI/c1-6-13(2)20-17(19-11-16(23)21(3)4)22(5)12-14-8-7-9-15(18)10-14;/h7-10,13H,6,11-12H2,1-5H3,(H,19,20);1H. The summed E-state index contributed by atoms with van der Waals surface area (Å²) >= 11 is 0. The summed E-state index contributed by atoms with van der Waals surface area (Å²) in [5, 5.41) is 3.31. The van der Waals surface area contributed by atoms with Gasteiger partial charge in [0.15, 0.2) is 5.96 Å². The number of amides is 1. The van der Waals surface area contributed by atoms with Crippen LogP contribution in [0.2, 0.25) is 0 Å². The van der Waals surface area contributed by atoms with E-state index in [1.54, 1.807) is 20.2 Å². The number of hydrogen-bond acceptors (Lipinski definition) is 2. The summed E-state index contributed by atoms with van der Waals surface area (Å²) in [6, 6.07) is 6.71. The van der Waals surface area contributed by atoms with E-state index in [1.165, 1.54) is 17.0 Å². The predicted molar refractivity (Wildman–Crippen MR) is 107 cm³/mol. The third kappa shape index (κ3) is 7.94. The van der Waals surface area contributed by atoms with E-state index in [0.717, 1.165) is 12.0 Å². The predicted octanol–water partition coefficient (Wildman–Crippen LogP) is 2.71. The van der Waals surface area contributed by atoms with Crippen LogP contribution >= 0.6 is 24.0 Å².